The van der Waals surface area contributed by atoms with Crippen LogP contribution in [0.4, 0.5) is 4.39 Å². The third-order valence-corrected chi connectivity index (χ3v) is 3.14. The van der Waals surface area contributed by atoms with Gasteiger partial charge in [0.2, 0.25) is 0 Å². The lowest BCUT2D eigenvalue weighted by Crippen LogP contribution is -2.40. The molecule has 5 heteroatoms. The van der Waals surface area contributed by atoms with Gasteiger partial charge in [0, 0.05) is 5.33 Å². The minimum atomic E-state index is -0.838. The van der Waals surface area contributed by atoms with Crippen LogP contribution >= 0.6 is 15.9 Å². The fraction of sp³-hybridized carbons (Fsp3) is 0.231. The van der Waals surface area contributed by atoms with Crippen molar-refractivity contribution in [3.63, 3.8) is 0 Å². The number of benzene rings is 1. The maximum Gasteiger partial charge on any atom is 0.262 e. The van der Waals surface area contributed by atoms with Gasteiger partial charge in [-0.15, -0.1) is 0 Å². The number of rotatable bonds is 4. The van der Waals surface area contributed by atoms with Gasteiger partial charge in [-0.1, -0.05) is 40.2 Å². The predicted octanol–water partition coefficient (Wildman–Crippen LogP) is 2.57. The summed E-state index contributed by atoms with van der Waals surface area (Å²) in [7, 11) is 0. The minimum absolute atomic E-state index is 0.341. The summed E-state index contributed by atoms with van der Waals surface area (Å²) in [5.74, 6) is -0.866. The Kier molecular flexibility index (Phi) is 3.91. The number of carbonyl (C=O) groups excluding carboxylic acids is 2. The molecule has 0 N–H and O–H groups in total. The summed E-state index contributed by atoms with van der Waals surface area (Å²) in [6.07, 6.45) is 3.20. The summed E-state index contributed by atoms with van der Waals surface area (Å²) in [5.41, 5.74) is 0.682. The first-order valence-electron chi connectivity index (χ1n) is 5.46. The number of hydrogen-bond donors (Lipinski definition) is 0. The van der Waals surface area contributed by atoms with Gasteiger partial charge in [0.1, 0.15) is 6.67 Å². The molecule has 0 bridgehead atoms. The van der Waals surface area contributed by atoms with E-state index < -0.39 is 24.5 Å². The molecule has 0 radical (unpaired) electrons. The number of allylic oxidation sites excluding steroid dienone is 1. The number of halogens is 2. The van der Waals surface area contributed by atoms with E-state index in [1.54, 1.807) is 30.3 Å². The largest absolute Gasteiger partial charge is 0.269 e. The first-order valence-corrected chi connectivity index (χ1v) is 6.58. The topological polar surface area (TPSA) is 37.4 Å². The Morgan fingerprint density at radius 2 is 1.78 bits per heavy atom. The predicted molar refractivity (Wildman–Crippen MR) is 69.6 cm³/mol. The maximum absolute atomic E-state index is 13.0. The number of nitrogens with zero attached hydrogens (tertiary/aromatic N) is 1. The Bertz CT molecular complexity index is 480. The lowest BCUT2D eigenvalue weighted by atomic mass is 10.1. The zero-order valence-electron chi connectivity index (χ0n) is 9.48. The van der Waals surface area contributed by atoms with Gasteiger partial charge in [-0.05, 0) is 12.1 Å². The average molecular weight is 312 g/mol. The monoisotopic (exact) mass is 311 g/mol. The smallest absolute Gasteiger partial charge is 0.262 e. The Morgan fingerprint density at radius 1 is 1.22 bits per heavy atom. The van der Waals surface area contributed by atoms with Crippen molar-refractivity contribution in [3.8, 4) is 0 Å². The number of alkyl halides is 2. The van der Waals surface area contributed by atoms with E-state index in [0.717, 1.165) is 4.90 Å². The van der Waals surface area contributed by atoms with E-state index in [1.165, 1.54) is 6.08 Å². The van der Waals surface area contributed by atoms with Gasteiger partial charge in [-0.3, -0.25) is 14.5 Å². The van der Waals surface area contributed by atoms with E-state index in [-0.39, 0.29) is 0 Å². The summed E-state index contributed by atoms with van der Waals surface area (Å²) < 4.78 is 13.0. The molecule has 0 saturated carbocycles. The van der Waals surface area contributed by atoms with Crippen molar-refractivity contribution in [2.75, 3.05) is 12.0 Å². The van der Waals surface area contributed by atoms with Crippen molar-refractivity contribution in [2.24, 2.45) is 0 Å². The molecule has 0 unspecified atom stereocenters. The lowest BCUT2D eigenvalue weighted by Gasteiger charge is -2.20. The van der Waals surface area contributed by atoms with Crippen molar-refractivity contribution < 1.29 is 14.0 Å². The normalized spacial score (nSPS) is 16.4. The zero-order valence-corrected chi connectivity index (χ0v) is 11.1. The molecule has 0 aromatic heterocycles. The molecule has 1 aromatic carbocycles. The summed E-state index contributed by atoms with van der Waals surface area (Å²) in [4.78, 5) is 25.1. The molecular formula is C13H11BrFNO2. The van der Waals surface area contributed by atoms with Crippen LogP contribution in [0.2, 0.25) is 0 Å². The Hall–Kier alpha value is -1.49. The van der Waals surface area contributed by atoms with Crippen molar-refractivity contribution >= 4 is 27.7 Å². The van der Waals surface area contributed by atoms with Gasteiger partial charge in [0.15, 0.2) is 0 Å². The maximum atomic E-state index is 13.0. The molecule has 1 aromatic rings. The van der Waals surface area contributed by atoms with Crippen LogP contribution in [0.3, 0.4) is 0 Å². The standard InChI is InChI=1S/C13H11BrFNO2/c14-7-3-4-9(8-15)16-12(17)10-5-1-2-6-11(10)13(16)18/h1-6,9H,7-8H2/b4-3+/t9-/m0/s1. The Morgan fingerprint density at radius 3 is 2.22 bits per heavy atom. The number of amides is 2. The quantitative estimate of drug-likeness (QED) is 0.487. The molecule has 0 spiro atoms. The molecule has 1 aliphatic heterocycles. The molecule has 0 saturated heterocycles. The second-order valence-corrected chi connectivity index (χ2v) is 4.48. The SMILES string of the molecule is O=C1c2ccccc2C(=O)N1[C@@H](/C=C/CBr)CF. The summed E-state index contributed by atoms with van der Waals surface area (Å²) in [6.45, 7) is -0.783. The molecule has 0 fully saturated rings. The summed E-state index contributed by atoms with van der Waals surface area (Å²) >= 11 is 3.18. The fourth-order valence-corrected chi connectivity index (χ4v) is 2.14. The highest BCUT2D eigenvalue weighted by molar-refractivity contribution is 9.09. The van der Waals surface area contributed by atoms with Crippen molar-refractivity contribution in [3.05, 3.63) is 47.5 Å². The molecular weight excluding hydrogens is 301 g/mol. The second-order valence-electron chi connectivity index (χ2n) is 3.83. The van der Waals surface area contributed by atoms with Crippen LogP contribution < -0.4 is 0 Å². The van der Waals surface area contributed by atoms with Gasteiger partial charge in [-0.25, -0.2) is 4.39 Å². The third-order valence-electron chi connectivity index (χ3n) is 2.76. The highest BCUT2D eigenvalue weighted by Gasteiger charge is 2.38. The molecule has 2 amide bonds. The van der Waals surface area contributed by atoms with E-state index in [4.69, 9.17) is 0 Å². The van der Waals surface area contributed by atoms with E-state index in [1.807, 2.05) is 0 Å². The first kappa shape index (κ1) is 13.0. The van der Waals surface area contributed by atoms with Crippen LogP contribution in [0.1, 0.15) is 20.7 Å². The van der Waals surface area contributed by atoms with E-state index in [9.17, 15) is 14.0 Å². The zero-order chi connectivity index (χ0) is 13.1. The summed E-state index contributed by atoms with van der Waals surface area (Å²) in [6, 6.07) is 5.70. The molecule has 1 atom stereocenters. The van der Waals surface area contributed by atoms with Crippen molar-refractivity contribution in [1.29, 1.82) is 0 Å². The van der Waals surface area contributed by atoms with Crippen molar-refractivity contribution in [1.82, 2.24) is 4.90 Å². The molecule has 1 heterocycles. The highest BCUT2D eigenvalue weighted by atomic mass is 79.9. The molecule has 0 aliphatic carbocycles. The second kappa shape index (κ2) is 5.44. The van der Waals surface area contributed by atoms with E-state index in [0.29, 0.717) is 16.5 Å². The van der Waals surface area contributed by atoms with Gasteiger partial charge in [-0.2, -0.15) is 0 Å². The van der Waals surface area contributed by atoms with Crippen LogP contribution in [-0.4, -0.2) is 34.8 Å². The van der Waals surface area contributed by atoms with Gasteiger partial charge in [0.25, 0.3) is 11.8 Å². The van der Waals surface area contributed by atoms with Gasteiger partial charge in [0.05, 0.1) is 17.2 Å². The lowest BCUT2D eigenvalue weighted by molar-refractivity contribution is 0.0596. The fourth-order valence-electron chi connectivity index (χ4n) is 1.92. The molecule has 2 rings (SSSR count). The van der Waals surface area contributed by atoms with Crippen LogP contribution in [0, 0.1) is 0 Å². The van der Waals surface area contributed by atoms with E-state index >= 15 is 0 Å². The van der Waals surface area contributed by atoms with Crippen LogP contribution in [-0.2, 0) is 0 Å². The average Bonchev–Trinajstić information content (AvgIpc) is 2.65. The highest BCUT2D eigenvalue weighted by Crippen LogP contribution is 2.25. The van der Waals surface area contributed by atoms with Gasteiger partial charge < -0.3 is 0 Å². The number of carbonyl (C=O) groups is 2. The summed E-state index contributed by atoms with van der Waals surface area (Å²) in [5, 5.41) is 0.548. The molecule has 18 heavy (non-hydrogen) atoms. The number of fused-ring (bicyclic) bond motifs is 1. The Balaban J connectivity index is 2.35. The minimum Gasteiger partial charge on any atom is -0.269 e. The number of imide groups is 1. The van der Waals surface area contributed by atoms with Gasteiger partial charge >= 0.3 is 0 Å². The molecule has 94 valence electrons. The van der Waals surface area contributed by atoms with Crippen molar-refractivity contribution in [2.45, 2.75) is 6.04 Å². The van der Waals surface area contributed by atoms with Crippen LogP contribution in [0.5, 0.6) is 0 Å². The molecule has 3 nitrogen and oxygen atoms in total. The van der Waals surface area contributed by atoms with E-state index in [2.05, 4.69) is 15.9 Å². The first-order chi connectivity index (χ1) is 8.70. The van der Waals surface area contributed by atoms with Crippen LogP contribution in [0.15, 0.2) is 36.4 Å². The third kappa shape index (κ3) is 2.10. The molecule has 1 aliphatic rings. The Labute approximate surface area is 112 Å². The van der Waals surface area contributed by atoms with Crippen LogP contribution in [0.25, 0.3) is 0 Å². The number of hydrogen-bond acceptors (Lipinski definition) is 2.